The molecule has 1 unspecified atom stereocenters. The number of nitrogens with one attached hydrogen (secondary N) is 1. The number of nitriles is 2. The highest BCUT2D eigenvalue weighted by molar-refractivity contribution is 5.51. The first-order valence-electron chi connectivity index (χ1n) is 6.61. The normalized spacial score (nSPS) is 14.8. The fraction of sp³-hybridized carbons (Fsp3) is 0.429. The average molecular weight is 286 g/mol. The van der Waals surface area contributed by atoms with Gasteiger partial charge >= 0.3 is 5.69 Å². The molecule has 0 heterocycles. The van der Waals surface area contributed by atoms with Gasteiger partial charge in [0.15, 0.2) is 5.75 Å². The number of ether oxygens (including phenoxy) is 1. The Labute approximate surface area is 121 Å². The van der Waals surface area contributed by atoms with Crippen molar-refractivity contribution in [2.24, 2.45) is 0 Å². The minimum atomic E-state index is -0.583. The molecule has 1 aliphatic carbocycles. The predicted octanol–water partition coefficient (Wildman–Crippen LogP) is 1.88. The SMILES string of the molecule is N#Cc1ccc(OCCC(C#N)NC2CC2)c([N+](=O)[O-])c1. The molecule has 0 saturated heterocycles. The van der Waals surface area contributed by atoms with Gasteiger partial charge in [-0.15, -0.1) is 0 Å². The van der Waals surface area contributed by atoms with Gasteiger partial charge in [0.1, 0.15) is 0 Å². The van der Waals surface area contributed by atoms with E-state index in [0.717, 1.165) is 12.8 Å². The van der Waals surface area contributed by atoms with Gasteiger partial charge in [-0.1, -0.05) is 0 Å². The summed E-state index contributed by atoms with van der Waals surface area (Å²) >= 11 is 0. The second kappa shape index (κ2) is 6.69. The third-order valence-electron chi connectivity index (χ3n) is 3.12. The summed E-state index contributed by atoms with van der Waals surface area (Å²) in [7, 11) is 0. The Kier molecular flexibility index (Phi) is 4.70. The summed E-state index contributed by atoms with van der Waals surface area (Å²) in [5.74, 6) is 0.113. The number of nitro benzene ring substituents is 1. The summed E-state index contributed by atoms with van der Waals surface area (Å²) in [6.45, 7) is 0.199. The molecule has 0 aliphatic heterocycles. The topological polar surface area (TPSA) is 112 Å². The van der Waals surface area contributed by atoms with Gasteiger partial charge in [-0.05, 0) is 25.0 Å². The van der Waals surface area contributed by atoms with E-state index in [1.54, 1.807) is 0 Å². The molecule has 0 bridgehead atoms. The van der Waals surface area contributed by atoms with Crippen LogP contribution in [0.15, 0.2) is 18.2 Å². The average Bonchev–Trinajstić information content (AvgIpc) is 3.30. The van der Waals surface area contributed by atoms with E-state index in [-0.39, 0.29) is 29.6 Å². The van der Waals surface area contributed by atoms with Gasteiger partial charge in [0.2, 0.25) is 0 Å². The Morgan fingerprint density at radius 1 is 1.48 bits per heavy atom. The first-order chi connectivity index (χ1) is 10.1. The van der Waals surface area contributed by atoms with Crippen molar-refractivity contribution in [2.45, 2.75) is 31.3 Å². The monoisotopic (exact) mass is 286 g/mol. The Morgan fingerprint density at radius 2 is 2.24 bits per heavy atom. The molecule has 0 radical (unpaired) electrons. The van der Waals surface area contributed by atoms with Crippen molar-refractivity contribution in [3.8, 4) is 17.9 Å². The minimum Gasteiger partial charge on any atom is -0.487 e. The van der Waals surface area contributed by atoms with E-state index < -0.39 is 4.92 Å². The summed E-state index contributed by atoms with van der Waals surface area (Å²) in [6, 6.07) is 8.16. The molecule has 0 aromatic heterocycles. The summed E-state index contributed by atoms with van der Waals surface area (Å²) in [4.78, 5) is 10.4. The zero-order chi connectivity index (χ0) is 15.2. The smallest absolute Gasteiger partial charge is 0.312 e. The molecular weight excluding hydrogens is 272 g/mol. The number of hydrogen-bond donors (Lipinski definition) is 1. The van der Waals surface area contributed by atoms with Crippen molar-refractivity contribution in [3.63, 3.8) is 0 Å². The van der Waals surface area contributed by atoms with E-state index >= 15 is 0 Å². The van der Waals surface area contributed by atoms with E-state index in [9.17, 15) is 10.1 Å². The summed E-state index contributed by atoms with van der Waals surface area (Å²) in [5, 5.41) is 31.9. The van der Waals surface area contributed by atoms with Crippen molar-refractivity contribution in [1.29, 1.82) is 10.5 Å². The van der Waals surface area contributed by atoms with E-state index in [0.29, 0.717) is 12.5 Å². The summed E-state index contributed by atoms with van der Waals surface area (Å²) < 4.78 is 5.39. The van der Waals surface area contributed by atoms with E-state index in [1.165, 1.54) is 18.2 Å². The molecule has 108 valence electrons. The number of rotatable bonds is 7. The van der Waals surface area contributed by atoms with Crippen LogP contribution >= 0.6 is 0 Å². The second-order valence-corrected chi connectivity index (χ2v) is 4.81. The van der Waals surface area contributed by atoms with Gasteiger partial charge < -0.3 is 4.74 Å². The fourth-order valence-electron chi connectivity index (χ4n) is 1.86. The molecule has 1 fully saturated rings. The molecular formula is C14H14N4O3. The van der Waals surface area contributed by atoms with Crippen molar-refractivity contribution in [1.82, 2.24) is 5.32 Å². The Hall–Kier alpha value is -2.64. The van der Waals surface area contributed by atoms with Gasteiger partial charge in [-0.3, -0.25) is 15.4 Å². The van der Waals surface area contributed by atoms with Crippen LogP contribution in [0.2, 0.25) is 0 Å². The molecule has 1 saturated carbocycles. The van der Waals surface area contributed by atoms with Gasteiger partial charge in [0, 0.05) is 18.5 Å². The molecule has 7 heteroatoms. The maximum Gasteiger partial charge on any atom is 0.312 e. The van der Waals surface area contributed by atoms with Crippen molar-refractivity contribution in [3.05, 3.63) is 33.9 Å². The van der Waals surface area contributed by atoms with Crippen LogP contribution in [-0.4, -0.2) is 23.6 Å². The van der Waals surface area contributed by atoms with E-state index in [4.69, 9.17) is 15.3 Å². The quantitative estimate of drug-likeness (QED) is 0.605. The summed E-state index contributed by atoms with van der Waals surface area (Å²) in [5.41, 5.74) is -0.0305. The van der Waals surface area contributed by atoms with Crippen LogP contribution < -0.4 is 10.1 Å². The molecule has 2 rings (SSSR count). The van der Waals surface area contributed by atoms with Crippen LogP contribution in [0.25, 0.3) is 0 Å². The van der Waals surface area contributed by atoms with Gasteiger partial charge in [0.05, 0.1) is 35.3 Å². The first-order valence-corrected chi connectivity index (χ1v) is 6.61. The summed E-state index contributed by atoms with van der Waals surface area (Å²) in [6.07, 6.45) is 2.62. The Balaban J connectivity index is 1.94. The Bertz CT molecular complexity index is 614. The van der Waals surface area contributed by atoms with Crippen LogP contribution in [0, 0.1) is 32.8 Å². The molecule has 1 aliphatic rings. The highest BCUT2D eigenvalue weighted by Gasteiger charge is 2.24. The van der Waals surface area contributed by atoms with Crippen LogP contribution in [-0.2, 0) is 0 Å². The third-order valence-corrected chi connectivity index (χ3v) is 3.12. The minimum absolute atomic E-state index is 0.113. The zero-order valence-corrected chi connectivity index (χ0v) is 11.3. The maximum atomic E-state index is 10.9. The second-order valence-electron chi connectivity index (χ2n) is 4.81. The lowest BCUT2D eigenvalue weighted by Gasteiger charge is -2.11. The standard InChI is InChI=1S/C14H14N4O3/c15-8-10-1-4-14(13(7-10)18(19)20)21-6-5-12(9-16)17-11-2-3-11/h1,4,7,11-12,17H,2-3,5-6H2. The van der Waals surface area contributed by atoms with E-state index in [2.05, 4.69) is 11.4 Å². The first kappa shape index (κ1) is 14.8. The third kappa shape index (κ3) is 4.16. The molecule has 21 heavy (non-hydrogen) atoms. The molecule has 7 nitrogen and oxygen atoms in total. The lowest BCUT2D eigenvalue weighted by Crippen LogP contribution is -2.31. The van der Waals surface area contributed by atoms with Gasteiger partial charge in [-0.2, -0.15) is 10.5 Å². The molecule has 1 aromatic rings. The highest BCUT2D eigenvalue weighted by Crippen LogP contribution is 2.28. The largest absolute Gasteiger partial charge is 0.487 e. The Morgan fingerprint density at radius 3 is 2.81 bits per heavy atom. The fourth-order valence-corrected chi connectivity index (χ4v) is 1.86. The van der Waals surface area contributed by atoms with Crippen LogP contribution in [0.3, 0.4) is 0 Å². The molecule has 0 amide bonds. The van der Waals surface area contributed by atoms with Crippen LogP contribution in [0.1, 0.15) is 24.8 Å². The van der Waals surface area contributed by atoms with E-state index in [1.807, 2.05) is 6.07 Å². The zero-order valence-electron chi connectivity index (χ0n) is 11.3. The highest BCUT2D eigenvalue weighted by atomic mass is 16.6. The van der Waals surface area contributed by atoms with Crippen molar-refractivity contribution < 1.29 is 9.66 Å². The lowest BCUT2D eigenvalue weighted by molar-refractivity contribution is -0.385. The molecule has 1 aromatic carbocycles. The van der Waals surface area contributed by atoms with Crippen LogP contribution in [0.4, 0.5) is 5.69 Å². The molecule has 1 N–H and O–H groups in total. The predicted molar refractivity (Wildman–Crippen MR) is 73.5 cm³/mol. The van der Waals surface area contributed by atoms with Gasteiger partial charge in [0.25, 0.3) is 0 Å². The van der Waals surface area contributed by atoms with Crippen molar-refractivity contribution in [2.75, 3.05) is 6.61 Å². The van der Waals surface area contributed by atoms with Gasteiger partial charge in [-0.25, -0.2) is 0 Å². The van der Waals surface area contributed by atoms with Crippen molar-refractivity contribution >= 4 is 5.69 Å². The number of benzene rings is 1. The molecule has 0 spiro atoms. The van der Waals surface area contributed by atoms with Crippen LogP contribution in [0.5, 0.6) is 5.75 Å². The number of nitrogens with zero attached hydrogens (tertiary/aromatic N) is 3. The number of nitro groups is 1. The maximum absolute atomic E-state index is 10.9. The number of hydrogen-bond acceptors (Lipinski definition) is 6. The lowest BCUT2D eigenvalue weighted by atomic mass is 10.2. The molecule has 1 atom stereocenters.